The first-order valence-corrected chi connectivity index (χ1v) is 7.70. The summed E-state index contributed by atoms with van der Waals surface area (Å²) in [6.45, 7) is 10.1. The summed E-state index contributed by atoms with van der Waals surface area (Å²) >= 11 is 3.77. The van der Waals surface area contributed by atoms with E-state index in [0.717, 1.165) is 12.5 Å². The van der Waals surface area contributed by atoms with Gasteiger partial charge in [0.05, 0.1) is 16.1 Å². The van der Waals surface area contributed by atoms with Crippen molar-refractivity contribution in [2.75, 3.05) is 12.3 Å². The zero-order valence-corrected chi connectivity index (χ0v) is 12.0. The molecule has 2 unspecified atom stereocenters. The molecule has 2 atom stereocenters. The van der Waals surface area contributed by atoms with E-state index in [2.05, 4.69) is 38.4 Å². The molecule has 1 aromatic rings. The molecule has 2 heterocycles. The highest BCUT2D eigenvalue weighted by Gasteiger charge is 2.24. The molecule has 0 saturated carbocycles. The molecule has 1 aliphatic heterocycles. The van der Waals surface area contributed by atoms with Gasteiger partial charge in [0.1, 0.15) is 0 Å². The summed E-state index contributed by atoms with van der Waals surface area (Å²) in [5, 5.41) is 7.41. The van der Waals surface area contributed by atoms with Crippen LogP contribution < -0.4 is 5.32 Å². The van der Waals surface area contributed by atoms with E-state index in [-0.39, 0.29) is 5.41 Å². The lowest BCUT2D eigenvalue weighted by Gasteiger charge is -2.26. The van der Waals surface area contributed by atoms with Crippen LogP contribution in [0.1, 0.15) is 43.8 Å². The fraction of sp³-hybridized carbons (Fsp3) is 0.750. The third kappa shape index (κ3) is 2.79. The SMILES string of the molecule is CC1CNC(c2csc(C(C)(C)C)n2)SC1. The molecule has 1 aliphatic rings. The fourth-order valence-electron chi connectivity index (χ4n) is 1.63. The van der Waals surface area contributed by atoms with Crippen LogP contribution in [-0.2, 0) is 5.41 Å². The Hall–Kier alpha value is -0.0600. The Morgan fingerprint density at radius 3 is 2.69 bits per heavy atom. The number of hydrogen-bond acceptors (Lipinski definition) is 4. The Bertz CT molecular complexity index is 346. The number of hydrogen-bond donors (Lipinski definition) is 1. The zero-order valence-electron chi connectivity index (χ0n) is 10.4. The van der Waals surface area contributed by atoms with Crippen molar-refractivity contribution < 1.29 is 0 Å². The highest BCUT2D eigenvalue weighted by molar-refractivity contribution is 7.99. The van der Waals surface area contributed by atoms with Crippen molar-refractivity contribution in [3.63, 3.8) is 0 Å². The molecule has 90 valence electrons. The lowest BCUT2D eigenvalue weighted by atomic mass is 9.98. The molecule has 0 radical (unpaired) electrons. The van der Waals surface area contributed by atoms with Gasteiger partial charge >= 0.3 is 0 Å². The summed E-state index contributed by atoms with van der Waals surface area (Å²) in [6.07, 6.45) is 0. The average molecular weight is 256 g/mol. The second-order valence-electron chi connectivity index (χ2n) is 5.55. The molecule has 0 amide bonds. The molecule has 1 N–H and O–H groups in total. The van der Waals surface area contributed by atoms with Crippen LogP contribution in [0.5, 0.6) is 0 Å². The van der Waals surface area contributed by atoms with E-state index >= 15 is 0 Å². The summed E-state index contributed by atoms with van der Waals surface area (Å²) in [4.78, 5) is 4.77. The number of nitrogens with one attached hydrogen (secondary N) is 1. The molecular weight excluding hydrogens is 236 g/mol. The first kappa shape index (κ1) is 12.4. The van der Waals surface area contributed by atoms with Crippen LogP contribution in [0.2, 0.25) is 0 Å². The fourth-order valence-corrected chi connectivity index (χ4v) is 3.79. The van der Waals surface area contributed by atoms with E-state index in [9.17, 15) is 0 Å². The molecular formula is C12H20N2S2. The third-order valence-corrected chi connectivity index (χ3v) is 5.42. The van der Waals surface area contributed by atoms with E-state index in [1.807, 2.05) is 11.8 Å². The second-order valence-corrected chi connectivity index (χ2v) is 7.55. The maximum absolute atomic E-state index is 4.77. The van der Waals surface area contributed by atoms with Crippen molar-refractivity contribution in [2.45, 2.75) is 38.5 Å². The van der Waals surface area contributed by atoms with Gasteiger partial charge in [-0.1, -0.05) is 27.7 Å². The van der Waals surface area contributed by atoms with Gasteiger partial charge in [-0.05, 0) is 18.2 Å². The highest BCUT2D eigenvalue weighted by Crippen LogP contribution is 2.34. The van der Waals surface area contributed by atoms with Gasteiger partial charge in [-0.2, -0.15) is 0 Å². The Kier molecular flexibility index (Phi) is 3.62. The minimum atomic E-state index is 0.176. The maximum atomic E-state index is 4.77. The number of nitrogens with zero attached hydrogens (tertiary/aromatic N) is 1. The predicted molar refractivity (Wildman–Crippen MR) is 73.2 cm³/mol. The van der Waals surface area contributed by atoms with Gasteiger partial charge < -0.3 is 5.32 Å². The topological polar surface area (TPSA) is 24.9 Å². The van der Waals surface area contributed by atoms with Crippen molar-refractivity contribution in [1.82, 2.24) is 10.3 Å². The summed E-state index contributed by atoms with van der Waals surface area (Å²) in [5.74, 6) is 2.02. The van der Waals surface area contributed by atoms with Gasteiger partial charge in [0.15, 0.2) is 0 Å². The highest BCUT2D eigenvalue weighted by atomic mass is 32.2. The minimum absolute atomic E-state index is 0.176. The molecule has 1 fully saturated rings. The van der Waals surface area contributed by atoms with E-state index < -0.39 is 0 Å². The van der Waals surface area contributed by atoms with E-state index in [1.54, 1.807) is 11.3 Å². The van der Waals surface area contributed by atoms with Gasteiger partial charge in [0, 0.05) is 10.8 Å². The number of aromatic nitrogens is 1. The molecule has 0 aliphatic carbocycles. The quantitative estimate of drug-likeness (QED) is 0.833. The predicted octanol–water partition coefficient (Wildman–Crippen LogP) is 3.41. The lowest BCUT2D eigenvalue weighted by Crippen LogP contribution is -2.31. The largest absolute Gasteiger partial charge is 0.300 e. The molecule has 0 aromatic carbocycles. The Labute approximate surface area is 106 Å². The van der Waals surface area contributed by atoms with Gasteiger partial charge in [0.25, 0.3) is 0 Å². The number of thiazole rings is 1. The molecule has 4 heteroatoms. The van der Waals surface area contributed by atoms with Gasteiger partial charge in [0.2, 0.25) is 0 Å². The average Bonchev–Trinajstić information content (AvgIpc) is 2.67. The lowest BCUT2D eigenvalue weighted by molar-refractivity contribution is 0.522. The Morgan fingerprint density at radius 2 is 2.19 bits per heavy atom. The summed E-state index contributed by atoms with van der Waals surface area (Å²) in [6, 6.07) is 0. The normalized spacial score (nSPS) is 27.0. The molecule has 0 spiro atoms. The first-order valence-electron chi connectivity index (χ1n) is 5.77. The van der Waals surface area contributed by atoms with Crippen molar-refractivity contribution >= 4 is 23.1 Å². The van der Waals surface area contributed by atoms with E-state index in [0.29, 0.717) is 5.37 Å². The van der Waals surface area contributed by atoms with Crippen molar-refractivity contribution in [3.8, 4) is 0 Å². The van der Waals surface area contributed by atoms with E-state index in [1.165, 1.54) is 16.5 Å². The van der Waals surface area contributed by atoms with Crippen LogP contribution in [-0.4, -0.2) is 17.3 Å². The van der Waals surface area contributed by atoms with Crippen LogP contribution in [0.15, 0.2) is 5.38 Å². The van der Waals surface area contributed by atoms with Gasteiger partial charge in [-0.3, -0.25) is 0 Å². The molecule has 2 nitrogen and oxygen atoms in total. The van der Waals surface area contributed by atoms with Crippen LogP contribution in [0.3, 0.4) is 0 Å². The number of thioether (sulfide) groups is 1. The Morgan fingerprint density at radius 1 is 1.44 bits per heavy atom. The summed E-state index contributed by atoms with van der Waals surface area (Å²) < 4.78 is 0. The smallest absolute Gasteiger partial charge is 0.0982 e. The zero-order chi connectivity index (χ0) is 11.8. The Balaban J connectivity index is 2.08. The van der Waals surface area contributed by atoms with Crippen molar-refractivity contribution in [3.05, 3.63) is 16.1 Å². The van der Waals surface area contributed by atoms with Crippen LogP contribution in [0.25, 0.3) is 0 Å². The van der Waals surface area contributed by atoms with Gasteiger partial charge in [-0.15, -0.1) is 23.1 Å². The standard InChI is InChI=1S/C12H20N2S2/c1-8-5-13-10(15-6-8)9-7-16-11(14-9)12(2,3)4/h7-8,10,13H,5-6H2,1-4H3. The van der Waals surface area contributed by atoms with Crippen LogP contribution in [0.4, 0.5) is 0 Å². The van der Waals surface area contributed by atoms with Crippen LogP contribution in [0, 0.1) is 5.92 Å². The first-order chi connectivity index (χ1) is 7.47. The molecule has 2 rings (SSSR count). The third-order valence-electron chi connectivity index (χ3n) is 2.63. The minimum Gasteiger partial charge on any atom is -0.300 e. The van der Waals surface area contributed by atoms with Crippen molar-refractivity contribution in [2.24, 2.45) is 5.92 Å². The van der Waals surface area contributed by atoms with E-state index in [4.69, 9.17) is 4.98 Å². The molecule has 16 heavy (non-hydrogen) atoms. The van der Waals surface area contributed by atoms with Crippen molar-refractivity contribution in [1.29, 1.82) is 0 Å². The molecule has 1 saturated heterocycles. The maximum Gasteiger partial charge on any atom is 0.0982 e. The number of rotatable bonds is 1. The molecule has 1 aromatic heterocycles. The monoisotopic (exact) mass is 256 g/mol. The molecule has 0 bridgehead atoms. The second kappa shape index (κ2) is 4.67. The van der Waals surface area contributed by atoms with Gasteiger partial charge in [-0.25, -0.2) is 4.98 Å². The van der Waals surface area contributed by atoms with Crippen LogP contribution >= 0.6 is 23.1 Å². The summed E-state index contributed by atoms with van der Waals surface area (Å²) in [7, 11) is 0. The summed E-state index contributed by atoms with van der Waals surface area (Å²) in [5.41, 5.74) is 1.39.